The molecule has 0 aromatic heterocycles. The van der Waals surface area contributed by atoms with Crippen LogP contribution in [0.3, 0.4) is 0 Å². The first-order chi connectivity index (χ1) is 9.49. The number of hydrogen-bond donors (Lipinski definition) is 1. The summed E-state index contributed by atoms with van der Waals surface area (Å²) in [5.41, 5.74) is 0. The van der Waals surface area contributed by atoms with Gasteiger partial charge in [-0.25, -0.2) is 12.7 Å². The maximum atomic E-state index is 12.5. The highest BCUT2D eigenvalue weighted by atomic mass is 35.5. The molecule has 2 atom stereocenters. The summed E-state index contributed by atoms with van der Waals surface area (Å²) >= 11 is 0. The summed E-state index contributed by atoms with van der Waals surface area (Å²) in [6, 6.07) is 0.385. The summed E-state index contributed by atoms with van der Waals surface area (Å²) in [5, 5.41) is 3.32. The molecular formula is C13H26ClN3O3S. The molecule has 2 fully saturated rings. The molecule has 21 heavy (non-hydrogen) atoms. The van der Waals surface area contributed by atoms with Crippen molar-refractivity contribution in [2.24, 2.45) is 0 Å². The van der Waals surface area contributed by atoms with Gasteiger partial charge in [0.2, 0.25) is 15.9 Å². The van der Waals surface area contributed by atoms with E-state index in [-0.39, 0.29) is 36.2 Å². The lowest BCUT2D eigenvalue weighted by molar-refractivity contribution is -0.131. The number of carbonyl (C=O) groups excluding carboxylic acids is 1. The fraction of sp³-hybridized carbons (Fsp3) is 0.923. The zero-order valence-electron chi connectivity index (χ0n) is 12.7. The van der Waals surface area contributed by atoms with Gasteiger partial charge < -0.3 is 10.2 Å². The lowest BCUT2D eigenvalue weighted by Gasteiger charge is -2.29. The van der Waals surface area contributed by atoms with E-state index < -0.39 is 10.0 Å². The molecule has 8 heteroatoms. The van der Waals surface area contributed by atoms with Gasteiger partial charge in [0, 0.05) is 31.7 Å². The van der Waals surface area contributed by atoms with Gasteiger partial charge in [0.1, 0.15) is 5.75 Å². The molecule has 0 spiro atoms. The van der Waals surface area contributed by atoms with Gasteiger partial charge >= 0.3 is 0 Å². The Hall–Kier alpha value is -0.370. The number of hydrogen-bond acceptors (Lipinski definition) is 4. The standard InChI is InChI=1S/C13H25N3O3S.ClH/c1-3-15(4-2)20(18,19)10-13(17)16-11-5-6-12(16)9-14-8-7-11;/h11-12,14H,3-10H2,1-2H3;1H. The first-order valence-corrected chi connectivity index (χ1v) is 9.10. The van der Waals surface area contributed by atoms with Crippen LogP contribution in [0.15, 0.2) is 0 Å². The van der Waals surface area contributed by atoms with Crippen LogP contribution in [-0.2, 0) is 14.8 Å². The molecule has 0 aromatic rings. The predicted molar refractivity (Wildman–Crippen MR) is 85.1 cm³/mol. The van der Waals surface area contributed by atoms with Gasteiger partial charge in [-0.2, -0.15) is 0 Å². The number of carbonyl (C=O) groups is 1. The molecule has 2 bridgehead atoms. The average molecular weight is 340 g/mol. The Balaban J connectivity index is 0.00000220. The third-order valence-electron chi connectivity index (χ3n) is 4.35. The van der Waals surface area contributed by atoms with Crippen molar-refractivity contribution in [3.63, 3.8) is 0 Å². The largest absolute Gasteiger partial charge is 0.334 e. The monoisotopic (exact) mass is 339 g/mol. The molecular weight excluding hydrogens is 314 g/mol. The maximum absolute atomic E-state index is 12.5. The van der Waals surface area contributed by atoms with Gasteiger partial charge in [0.05, 0.1) is 0 Å². The van der Waals surface area contributed by atoms with E-state index in [1.807, 2.05) is 4.90 Å². The summed E-state index contributed by atoms with van der Waals surface area (Å²) in [6.07, 6.45) is 2.91. The minimum absolute atomic E-state index is 0. The number of sulfonamides is 1. The predicted octanol–water partition coefficient (Wildman–Crippen LogP) is 0.433. The summed E-state index contributed by atoms with van der Waals surface area (Å²) in [7, 11) is -3.48. The lowest BCUT2D eigenvalue weighted by Crippen LogP contribution is -2.47. The van der Waals surface area contributed by atoms with E-state index in [4.69, 9.17) is 0 Å². The van der Waals surface area contributed by atoms with Gasteiger partial charge in [0.15, 0.2) is 0 Å². The minimum Gasteiger partial charge on any atom is -0.334 e. The third kappa shape index (κ3) is 4.09. The topological polar surface area (TPSA) is 69.7 Å². The van der Waals surface area contributed by atoms with Crippen LogP contribution < -0.4 is 5.32 Å². The molecule has 6 nitrogen and oxygen atoms in total. The Bertz CT molecular complexity index is 440. The summed E-state index contributed by atoms with van der Waals surface area (Å²) in [5.74, 6) is -0.616. The van der Waals surface area contributed by atoms with Crippen LogP contribution >= 0.6 is 12.4 Å². The third-order valence-corrected chi connectivity index (χ3v) is 6.26. The molecule has 2 saturated heterocycles. The number of rotatable bonds is 5. The van der Waals surface area contributed by atoms with Crippen LogP contribution in [0.2, 0.25) is 0 Å². The van der Waals surface area contributed by atoms with Crippen LogP contribution in [0.4, 0.5) is 0 Å². The molecule has 2 unspecified atom stereocenters. The van der Waals surface area contributed by atoms with E-state index in [0.717, 1.165) is 32.4 Å². The van der Waals surface area contributed by atoms with E-state index in [1.54, 1.807) is 13.8 Å². The van der Waals surface area contributed by atoms with Crippen LogP contribution in [-0.4, -0.2) is 67.5 Å². The molecule has 0 aromatic carbocycles. The van der Waals surface area contributed by atoms with Gasteiger partial charge in [0.25, 0.3) is 0 Å². The highest BCUT2D eigenvalue weighted by Crippen LogP contribution is 2.28. The quantitative estimate of drug-likeness (QED) is 0.788. The number of nitrogens with zero attached hydrogens (tertiary/aromatic N) is 2. The Labute approximate surface area is 133 Å². The van der Waals surface area contributed by atoms with E-state index in [1.165, 1.54) is 4.31 Å². The van der Waals surface area contributed by atoms with Crippen molar-refractivity contribution in [3.05, 3.63) is 0 Å². The molecule has 2 heterocycles. The van der Waals surface area contributed by atoms with Crippen LogP contribution in [0.5, 0.6) is 0 Å². The van der Waals surface area contributed by atoms with Gasteiger partial charge in [-0.15, -0.1) is 12.4 Å². The SMILES string of the molecule is CCN(CC)S(=O)(=O)CC(=O)N1C2CCNCC1CC2.Cl. The number of halogens is 1. The fourth-order valence-corrected chi connectivity index (χ4v) is 4.76. The van der Waals surface area contributed by atoms with E-state index in [2.05, 4.69) is 5.32 Å². The molecule has 1 amide bonds. The summed E-state index contributed by atoms with van der Waals surface area (Å²) < 4.78 is 25.8. The van der Waals surface area contributed by atoms with E-state index in [9.17, 15) is 13.2 Å². The normalized spacial score (nSPS) is 25.6. The second-order valence-electron chi connectivity index (χ2n) is 5.52. The first-order valence-electron chi connectivity index (χ1n) is 7.49. The van der Waals surface area contributed by atoms with Crippen molar-refractivity contribution in [1.29, 1.82) is 0 Å². The Morgan fingerprint density at radius 1 is 1.19 bits per heavy atom. The van der Waals surface area contributed by atoms with Crippen LogP contribution in [0.25, 0.3) is 0 Å². The lowest BCUT2D eigenvalue weighted by atomic mass is 10.1. The van der Waals surface area contributed by atoms with Crippen molar-refractivity contribution in [1.82, 2.24) is 14.5 Å². The van der Waals surface area contributed by atoms with Crippen molar-refractivity contribution >= 4 is 28.3 Å². The minimum atomic E-state index is -3.48. The Morgan fingerprint density at radius 2 is 1.81 bits per heavy atom. The van der Waals surface area contributed by atoms with Crippen molar-refractivity contribution in [3.8, 4) is 0 Å². The highest BCUT2D eigenvalue weighted by Gasteiger charge is 2.39. The fourth-order valence-electron chi connectivity index (χ4n) is 3.33. The highest BCUT2D eigenvalue weighted by molar-refractivity contribution is 7.89. The van der Waals surface area contributed by atoms with Crippen molar-refractivity contribution < 1.29 is 13.2 Å². The molecule has 0 aliphatic carbocycles. The Morgan fingerprint density at radius 3 is 2.43 bits per heavy atom. The molecule has 124 valence electrons. The number of nitrogens with one attached hydrogen (secondary N) is 1. The maximum Gasteiger partial charge on any atom is 0.239 e. The average Bonchev–Trinajstić information content (AvgIpc) is 2.63. The molecule has 0 radical (unpaired) electrons. The summed E-state index contributed by atoms with van der Waals surface area (Å²) in [4.78, 5) is 14.3. The van der Waals surface area contributed by atoms with Gasteiger partial charge in [-0.05, 0) is 25.8 Å². The van der Waals surface area contributed by atoms with E-state index in [0.29, 0.717) is 13.1 Å². The van der Waals surface area contributed by atoms with Crippen LogP contribution in [0.1, 0.15) is 33.1 Å². The smallest absolute Gasteiger partial charge is 0.239 e. The second kappa shape index (κ2) is 7.76. The molecule has 1 N–H and O–H groups in total. The Kier molecular flexibility index (Phi) is 6.90. The first kappa shape index (κ1) is 18.7. The number of amides is 1. The van der Waals surface area contributed by atoms with Crippen molar-refractivity contribution in [2.45, 2.75) is 45.2 Å². The molecule has 2 aliphatic rings. The zero-order valence-corrected chi connectivity index (χ0v) is 14.4. The van der Waals surface area contributed by atoms with E-state index >= 15 is 0 Å². The van der Waals surface area contributed by atoms with Crippen LogP contribution in [0, 0.1) is 0 Å². The molecule has 2 aliphatic heterocycles. The van der Waals surface area contributed by atoms with Crippen molar-refractivity contribution in [2.75, 3.05) is 31.9 Å². The second-order valence-corrected chi connectivity index (χ2v) is 7.49. The number of fused-ring (bicyclic) bond motifs is 2. The molecule has 2 rings (SSSR count). The zero-order chi connectivity index (χ0) is 14.8. The van der Waals surface area contributed by atoms with Gasteiger partial charge in [-0.3, -0.25) is 4.79 Å². The summed E-state index contributed by atoms with van der Waals surface area (Å²) in [6.45, 7) is 6.12. The van der Waals surface area contributed by atoms with Gasteiger partial charge in [-0.1, -0.05) is 13.8 Å². The molecule has 0 saturated carbocycles.